The molecule has 1 atom stereocenters. The van der Waals surface area contributed by atoms with Crippen molar-refractivity contribution in [2.45, 2.75) is 18.9 Å². The first-order valence-electron chi connectivity index (χ1n) is 6.13. The van der Waals surface area contributed by atoms with Crippen molar-refractivity contribution in [1.29, 1.82) is 0 Å². The number of aromatic nitrogens is 2. The van der Waals surface area contributed by atoms with Gasteiger partial charge in [0.25, 0.3) is 5.91 Å². The van der Waals surface area contributed by atoms with Crippen LogP contribution in [0.4, 0.5) is 0 Å². The van der Waals surface area contributed by atoms with Gasteiger partial charge < -0.3 is 9.80 Å². The third-order valence-corrected chi connectivity index (χ3v) is 3.63. The molecule has 2 rings (SSSR count). The summed E-state index contributed by atoms with van der Waals surface area (Å²) in [6.45, 7) is 1.59. The molecule has 1 aromatic heterocycles. The molecule has 0 N–H and O–H groups in total. The lowest BCUT2D eigenvalue weighted by molar-refractivity contribution is 0.0716. The van der Waals surface area contributed by atoms with Gasteiger partial charge in [0.15, 0.2) is 10.3 Å². The summed E-state index contributed by atoms with van der Waals surface area (Å²) in [5.41, 5.74) is 0.326. The van der Waals surface area contributed by atoms with Gasteiger partial charge in [-0.25, -0.2) is 0 Å². The smallest absolute Gasteiger partial charge is 0.257 e. The van der Waals surface area contributed by atoms with E-state index in [0.717, 1.165) is 25.9 Å². The number of nitrogens with zero attached hydrogens (tertiary/aromatic N) is 4. The summed E-state index contributed by atoms with van der Waals surface area (Å²) in [4.78, 5) is 16.4. The Morgan fingerprint density at radius 3 is 2.89 bits per heavy atom. The number of likely N-dealkylation sites (N-methyl/N-ethyl adjacent to an activating group) is 1. The molecule has 0 bridgehead atoms. The molecule has 19 heavy (non-hydrogen) atoms. The van der Waals surface area contributed by atoms with E-state index < -0.39 is 0 Å². The fourth-order valence-corrected chi connectivity index (χ4v) is 2.69. The molecule has 1 aromatic rings. The summed E-state index contributed by atoms with van der Waals surface area (Å²) < 4.78 is 0. The van der Waals surface area contributed by atoms with Crippen molar-refractivity contribution in [3.05, 3.63) is 21.9 Å². The van der Waals surface area contributed by atoms with E-state index in [1.807, 2.05) is 19.0 Å². The van der Waals surface area contributed by atoms with Crippen LogP contribution in [0.3, 0.4) is 0 Å². The van der Waals surface area contributed by atoms with Gasteiger partial charge in [-0.1, -0.05) is 23.2 Å². The van der Waals surface area contributed by atoms with E-state index in [1.165, 1.54) is 6.07 Å². The molecule has 5 nitrogen and oxygen atoms in total. The Kier molecular flexibility index (Phi) is 4.60. The fourth-order valence-electron chi connectivity index (χ4n) is 2.37. The molecule has 1 aliphatic rings. The summed E-state index contributed by atoms with van der Waals surface area (Å²) in [5.74, 6) is -0.119. The van der Waals surface area contributed by atoms with Crippen molar-refractivity contribution in [1.82, 2.24) is 20.0 Å². The Balaban J connectivity index is 2.20. The average molecular weight is 303 g/mol. The molecule has 0 aliphatic carbocycles. The number of hydrogen-bond acceptors (Lipinski definition) is 4. The number of amides is 1. The van der Waals surface area contributed by atoms with Crippen LogP contribution >= 0.6 is 23.2 Å². The van der Waals surface area contributed by atoms with E-state index in [2.05, 4.69) is 15.1 Å². The number of halogens is 2. The van der Waals surface area contributed by atoms with Crippen LogP contribution in [-0.4, -0.2) is 59.1 Å². The lowest BCUT2D eigenvalue weighted by atomic mass is 10.2. The second-order valence-corrected chi connectivity index (χ2v) is 5.67. The molecule has 2 heterocycles. The second-order valence-electron chi connectivity index (χ2n) is 4.93. The highest BCUT2D eigenvalue weighted by Gasteiger charge is 2.31. The summed E-state index contributed by atoms with van der Waals surface area (Å²) in [6.07, 6.45) is 2.02. The van der Waals surface area contributed by atoms with Crippen molar-refractivity contribution in [3.63, 3.8) is 0 Å². The zero-order valence-electron chi connectivity index (χ0n) is 10.9. The van der Waals surface area contributed by atoms with Crippen LogP contribution in [0.25, 0.3) is 0 Å². The molecule has 0 aromatic carbocycles. The lowest BCUT2D eigenvalue weighted by Crippen LogP contribution is -2.41. The Labute approximate surface area is 122 Å². The van der Waals surface area contributed by atoms with Crippen molar-refractivity contribution < 1.29 is 4.79 Å². The lowest BCUT2D eigenvalue weighted by Gasteiger charge is -2.27. The predicted molar refractivity (Wildman–Crippen MR) is 74.7 cm³/mol. The van der Waals surface area contributed by atoms with Crippen LogP contribution in [-0.2, 0) is 0 Å². The van der Waals surface area contributed by atoms with Gasteiger partial charge in [0.05, 0.1) is 5.56 Å². The molecule has 0 saturated carbocycles. The molecular formula is C12H16Cl2N4O. The Bertz CT molecular complexity index is 481. The first-order chi connectivity index (χ1) is 8.99. The first kappa shape index (κ1) is 14.5. The maximum atomic E-state index is 12.5. The van der Waals surface area contributed by atoms with Gasteiger partial charge in [0, 0.05) is 19.1 Å². The zero-order chi connectivity index (χ0) is 14.0. The van der Waals surface area contributed by atoms with Crippen molar-refractivity contribution in [2.24, 2.45) is 0 Å². The molecule has 1 aliphatic heterocycles. The maximum absolute atomic E-state index is 12.5. The minimum Gasteiger partial charge on any atom is -0.334 e. The van der Waals surface area contributed by atoms with Crippen LogP contribution in [0.2, 0.25) is 10.3 Å². The highest BCUT2D eigenvalue weighted by Crippen LogP contribution is 2.24. The van der Waals surface area contributed by atoms with E-state index in [9.17, 15) is 4.79 Å². The molecular weight excluding hydrogens is 287 g/mol. The third kappa shape index (κ3) is 3.35. The number of rotatable bonds is 3. The van der Waals surface area contributed by atoms with Crippen molar-refractivity contribution in [3.8, 4) is 0 Å². The van der Waals surface area contributed by atoms with Crippen LogP contribution in [0.1, 0.15) is 23.2 Å². The Morgan fingerprint density at radius 2 is 2.21 bits per heavy atom. The van der Waals surface area contributed by atoms with Gasteiger partial charge in [-0.3, -0.25) is 4.79 Å². The van der Waals surface area contributed by atoms with Crippen molar-refractivity contribution >= 4 is 29.1 Å². The molecule has 0 spiro atoms. The van der Waals surface area contributed by atoms with Gasteiger partial charge in [0.2, 0.25) is 0 Å². The molecule has 7 heteroatoms. The minimum atomic E-state index is -0.119. The van der Waals surface area contributed by atoms with Gasteiger partial charge >= 0.3 is 0 Å². The van der Waals surface area contributed by atoms with Crippen LogP contribution < -0.4 is 0 Å². The number of carbonyl (C=O) groups is 1. The van der Waals surface area contributed by atoms with Crippen molar-refractivity contribution in [2.75, 3.05) is 27.2 Å². The maximum Gasteiger partial charge on any atom is 0.257 e. The molecule has 1 saturated heterocycles. The fraction of sp³-hybridized carbons (Fsp3) is 0.583. The van der Waals surface area contributed by atoms with Crippen LogP contribution in [0.15, 0.2) is 6.07 Å². The van der Waals surface area contributed by atoms with Crippen LogP contribution in [0, 0.1) is 0 Å². The van der Waals surface area contributed by atoms with Gasteiger partial charge in [-0.05, 0) is 33.0 Å². The van der Waals surface area contributed by atoms with E-state index in [1.54, 1.807) is 0 Å². The van der Waals surface area contributed by atoms with E-state index >= 15 is 0 Å². The van der Waals surface area contributed by atoms with Gasteiger partial charge in [-0.15, -0.1) is 10.2 Å². The van der Waals surface area contributed by atoms with E-state index in [4.69, 9.17) is 23.2 Å². The summed E-state index contributed by atoms with van der Waals surface area (Å²) in [5, 5.41) is 7.58. The normalized spacial score (nSPS) is 19.2. The predicted octanol–water partition coefficient (Wildman–Crippen LogP) is 1.95. The number of likely N-dealkylation sites (tertiary alicyclic amines) is 1. The monoisotopic (exact) mass is 302 g/mol. The standard InChI is InChI=1S/C12H16Cl2N4O/c1-17(2)7-8-4-3-5-18(8)12(19)9-6-10(13)15-16-11(9)14/h6,8H,3-5,7H2,1-2H3. The summed E-state index contributed by atoms with van der Waals surface area (Å²) in [6, 6.07) is 1.69. The minimum absolute atomic E-state index is 0.102. The quantitative estimate of drug-likeness (QED) is 0.856. The Hall–Kier alpha value is -0.910. The molecule has 1 unspecified atom stereocenters. The topological polar surface area (TPSA) is 49.3 Å². The number of carbonyl (C=O) groups excluding carboxylic acids is 1. The summed E-state index contributed by atoms with van der Waals surface area (Å²) >= 11 is 11.7. The Morgan fingerprint density at radius 1 is 1.47 bits per heavy atom. The van der Waals surface area contributed by atoms with E-state index in [-0.39, 0.29) is 22.3 Å². The zero-order valence-corrected chi connectivity index (χ0v) is 12.4. The SMILES string of the molecule is CN(C)CC1CCCN1C(=O)c1cc(Cl)nnc1Cl. The van der Waals surface area contributed by atoms with Crippen LogP contribution in [0.5, 0.6) is 0 Å². The molecule has 104 valence electrons. The highest BCUT2D eigenvalue weighted by atomic mass is 35.5. The molecule has 1 amide bonds. The molecule has 0 radical (unpaired) electrons. The number of hydrogen-bond donors (Lipinski definition) is 0. The largest absolute Gasteiger partial charge is 0.334 e. The van der Waals surface area contributed by atoms with Gasteiger partial charge in [-0.2, -0.15) is 0 Å². The first-order valence-corrected chi connectivity index (χ1v) is 6.89. The highest BCUT2D eigenvalue weighted by molar-refractivity contribution is 6.34. The summed E-state index contributed by atoms with van der Waals surface area (Å²) in [7, 11) is 4.00. The average Bonchev–Trinajstić information content (AvgIpc) is 2.78. The van der Waals surface area contributed by atoms with E-state index in [0.29, 0.717) is 5.56 Å². The van der Waals surface area contributed by atoms with Gasteiger partial charge in [0.1, 0.15) is 0 Å². The molecule has 1 fully saturated rings. The second kappa shape index (κ2) is 6.03. The third-order valence-electron chi connectivity index (χ3n) is 3.16.